The van der Waals surface area contributed by atoms with Gasteiger partial charge in [-0.15, -0.1) is 0 Å². The van der Waals surface area contributed by atoms with Crippen molar-refractivity contribution in [2.45, 2.75) is 52.6 Å². The van der Waals surface area contributed by atoms with Gasteiger partial charge in [-0.1, -0.05) is 26.7 Å². The predicted molar refractivity (Wildman–Crippen MR) is 83.5 cm³/mol. The van der Waals surface area contributed by atoms with E-state index in [1.807, 2.05) is 6.26 Å². The Morgan fingerprint density at radius 3 is 2.80 bits per heavy atom. The molecule has 1 fully saturated rings. The Balaban J connectivity index is 1.78. The van der Waals surface area contributed by atoms with Crippen molar-refractivity contribution in [2.75, 3.05) is 20.1 Å². The van der Waals surface area contributed by atoms with Crippen LogP contribution in [0.25, 0.3) is 0 Å². The third-order valence-corrected chi connectivity index (χ3v) is 4.16. The molecule has 1 aromatic heterocycles. The van der Waals surface area contributed by atoms with Crippen LogP contribution in [0.4, 0.5) is 0 Å². The van der Waals surface area contributed by atoms with Crippen molar-refractivity contribution in [1.82, 2.24) is 10.2 Å². The average molecular weight is 278 g/mol. The molecule has 1 aromatic rings. The summed E-state index contributed by atoms with van der Waals surface area (Å²) in [6, 6.07) is 2.12. The molecule has 0 aliphatic heterocycles. The first-order valence-corrected chi connectivity index (χ1v) is 8.09. The van der Waals surface area contributed by atoms with Gasteiger partial charge < -0.3 is 14.6 Å². The molecule has 20 heavy (non-hydrogen) atoms. The molecular formula is C17H30N2O. The van der Waals surface area contributed by atoms with Gasteiger partial charge in [-0.25, -0.2) is 0 Å². The van der Waals surface area contributed by atoms with Crippen LogP contribution in [0.1, 0.15) is 50.9 Å². The van der Waals surface area contributed by atoms with E-state index in [1.165, 1.54) is 37.8 Å². The van der Waals surface area contributed by atoms with E-state index < -0.39 is 0 Å². The summed E-state index contributed by atoms with van der Waals surface area (Å²) in [5.74, 6) is 2.69. The summed E-state index contributed by atoms with van der Waals surface area (Å²) in [7, 11) is 2.23. The SMILES string of the molecule is CC(C)CNCc1occc1CN(C)CC1CCCC1. The van der Waals surface area contributed by atoms with Crippen LogP contribution < -0.4 is 5.32 Å². The van der Waals surface area contributed by atoms with E-state index >= 15 is 0 Å². The maximum Gasteiger partial charge on any atom is 0.122 e. The number of rotatable bonds is 8. The average Bonchev–Trinajstić information content (AvgIpc) is 3.01. The van der Waals surface area contributed by atoms with Gasteiger partial charge in [0.25, 0.3) is 0 Å². The molecule has 1 aliphatic carbocycles. The highest BCUT2D eigenvalue weighted by atomic mass is 16.3. The van der Waals surface area contributed by atoms with Gasteiger partial charge in [0.2, 0.25) is 0 Å². The first-order valence-electron chi connectivity index (χ1n) is 8.09. The maximum atomic E-state index is 5.63. The lowest BCUT2D eigenvalue weighted by molar-refractivity contribution is 0.269. The van der Waals surface area contributed by atoms with E-state index in [9.17, 15) is 0 Å². The Hall–Kier alpha value is -0.800. The van der Waals surface area contributed by atoms with Gasteiger partial charge >= 0.3 is 0 Å². The van der Waals surface area contributed by atoms with E-state index in [4.69, 9.17) is 4.42 Å². The standard InChI is InChI=1S/C17H30N2O/c1-14(2)10-18-11-17-16(8-9-20-17)13-19(3)12-15-6-4-5-7-15/h8-9,14-15,18H,4-7,10-13H2,1-3H3. The number of hydrogen-bond acceptors (Lipinski definition) is 3. The largest absolute Gasteiger partial charge is 0.468 e. The number of furan rings is 1. The fraction of sp³-hybridized carbons (Fsp3) is 0.765. The van der Waals surface area contributed by atoms with Crippen molar-refractivity contribution in [3.8, 4) is 0 Å². The van der Waals surface area contributed by atoms with E-state index in [0.29, 0.717) is 5.92 Å². The molecule has 114 valence electrons. The smallest absolute Gasteiger partial charge is 0.122 e. The number of hydrogen-bond donors (Lipinski definition) is 1. The van der Waals surface area contributed by atoms with Gasteiger partial charge in [-0.05, 0) is 44.3 Å². The Morgan fingerprint density at radius 2 is 2.10 bits per heavy atom. The molecule has 0 unspecified atom stereocenters. The fourth-order valence-corrected chi connectivity index (χ4v) is 3.13. The molecular weight excluding hydrogens is 248 g/mol. The summed E-state index contributed by atoms with van der Waals surface area (Å²) in [5, 5.41) is 3.46. The van der Waals surface area contributed by atoms with Crippen molar-refractivity contribution in [2.24, 2.45) is 11.8 Å². The second kappa shape index (κ2) is 7.84. The van der Waals surface area contributed by atoms with Gasteiger partial charge in [-0.3, -0.25) is 0 Å². The van der Waals surface area contributed by atoms with Crippen LogP contribution in [-0.4, -0.2) is 25.0 Å². The molecule has 3 nitrogen and oxygen atoms in total. The second-order valence-electron chi connectivity index (χ2n) is 6.74. The first-order chi connectivity index (χ1) is 9.65. The molecule has 3 heteroatoms. The highest BCUT2D eigenvalue weighted by Crippen LogP contribution is 2.25. The molecule has 0 amide bonds. The summed E-state index contributed by atoms with van der Waals surface area (Å²) in [5.41, 5.74) is 1.33. The molecule has 0 bridgehead atoms. The Morgan fingerprint density at radius 1 is 1.35 bits per heavy atom. The Labute approximate surface area is 123 Å². The highest BCUT2D eigenvalue weighted by Gasteiger charge is 2.17. The minimum atomic E-state index is 0.679. The van der Waals surface area contributed by atoms with Crippen molar-refractivity contribution in [3.05, 3.63) is 23.7 Å². The van der Waals surface area contributed by atoms with Crippen LogP contribution in [0, 0.1) is 11.8 Å². The predicted octanol–water partition coefficient (Wildman–Crippen LogP) is 3.65. The van der Waals surface area contributed by atoms with E-state index in [2.05, 4.69) is 37.2 Å². The van der Waals surface area contributed by atoms with Crippen LogP contribution in [0.5, 0.6) is 0 Å². The van der Waals surface area contributed by atoms with Crippen LogP contribution >= 0.6 is 0 Å². The Bertz CT molecular complexity index is 380. The molecule has 1 N–H and O–H groups in total. The van der Waals surface area contributed by atoms with Crippen molar-refractivity contribution < 1.29 is 4.42 Å². The lowest BCUT2D eigenvalue weighted by atomic mass is 10.1. The summed E-state index contributed by atoms with van der Waals surface area (Å²) >= 11 is 0. The maximum absolute atomic E-state index is 5.63. The molecule has 1 aliphatic rings. The number of nitrogens with zero attached hydrogens (tertiary/aromatic N) is 1. The zero-order valence-electron chi connectivity index (χ0n) is 13.3. The van der Waals surface area contributed by atoms with Gasteiger partial charge in [-0.2, -0.15) is 0 Å². The summed E-state index contributed by atoms with van der Waals surface area (Å²) in [4.78, 5) is 2.45. The minimum Gasteiger partial charge on any atom is -0.468 e. The van der Waals surface area contributed by atoms with Crippen LogP contribution in [0.3, 0.4) is 0 Å². The molecule has 0 atom stereocenters. The molecule has 0 spiro atoms. The molecule has 1 saturated carbocycles. The van der Waals surface area contributed by atoms with Gasteiger partial charge in [0.15, 0.2) is 0 Å². The van der Waals surface area contributed by atoms with Crippen LogP contribution in [0.2, 0.25) is 0 Å². The third-order valence-electron chi connectivity index (χ3n) is 4.16. The van der Waals surface area contributed by atoms with Gasteiger partial charge in [0.1, 0.15) is 5.76 Å². The quantitative estimate of drug-likeness (QED) is 0.787. The number of nitrogens with one attached hydrogen (secondary N) is 1. The van der Waals surface area contributed by atoms with E-state index in [-0.39, 0.29) is 0 Å². The second-order valence-corrected chi connectivity index (χ2v) is 6.74. The summed E-state index contributed by atoms with van der Waals surface area (Å²) in [6.07, 6.45) is 7.51. The molecule has 0 saturated heterocycles. The van der Waals surface area contributed by atoms with E-state index in [1.54, 1.807) is 0 Å². The van der Waals surface area contributed by atoms with Crippen LogP contribution in [-0.2, 0) is 13.1 Å². The summed E-state index contributed by atoms with van der Waals surface area (Å²) in [6.45, 7) is 8.57. The minimum absolute atomic E-state index is 0.679. The lowest BCUT2D eigenvalue weighted by Crippen LogP contribution is -2.25. The monoisotopic (exact) mass is 278 g/mol. The zero-order valence-corrected chi connectivity index (χ0v) is 13.3. The van der Waals surface area contributed by atoms with Gasteiger partial charge in [0.05, 0.1) is 12.8 Å². The van der Waals surface area contributed by atoms with Crippen molar-refractivity contribution in [1.29, 1.82) is 0 Å². The fourth-order valence-electron chi connectivity index (χ4n) is 3.13. The van der Waals surface area contributed by atoms with Crippen molar-refractivity contribution >= 4 is 0 Å². The normalized spacial score (nSPS) is 16.6. The first kappa shape index (κ1) is 15.6. The zero-order chi connectivity index (χ0) is 14.4. The highest BCUT2D eigenvalue weighted by molar-refractivity contribution is 5.16. The molecule has 0 aromatic carbocycles. The van der Waals surface area contributed by atoms with E-state index in [0.717, 1.165) is 31.3 Å². The molecule has 2 rings (SSSR count). The molecule has 1 heterocycles. The Kier molecular flexibility index (Phi) is 6.11. The topological polar surface area (TPSA) is 28.4 Å². The lowest BCUT2D eigenvalue weighted by Gasteiger charge is -2.20. The van der Waals surface area contributed by atoms with Crippen molar-refractivity contribution in [3.63, 3.8) is 0 Å². The molecule has 0 radical (unpaired) electrons. The third kappa shape index (κ3) is 4.95. The van der Waals surface area contributed by atoms with Crippen LogP contribution in [0.15, 0.2) is 16.7 Å². The summed E-state index contributed by atoms with van der Waals surface area (Å²) < 4.78 is 5.63. The van der Waals surface area contributed by atoms with Gasteiger partial charge in [0, 0.05) is 18.7 Å².